The van der Waals surface area contributed by atoms with Gasteiger partial charge in [0.1, 0.15) is 6.61 Å². The van der Waals surface area contributed by atoms with Crippen LogP contribution in [0.1, 0.15) is 41.1 Å². The van der Waals surface area contributed by atoms with Gasteiger partial charge in [0.2, 0.25) is 0 Å². The van der Waals surface area contributed by atoms with E-state index in [2.05, 4.69) is 37.0 Å². The van der Waals surface area contributed by atoms with E-state index in [9.17, 15) is 4.79 Å². The van der Waals surface area contributed by atoms with Gasteiger partial charge in [0.15, 0.2) is 0 Å². The quantitative estimate of drug-likeness (QED) is 0.687. The number of hydrogen-bond donors (Lipinski definition) is 1. The summed E-state index contributed by atoms with van der Waals surface area (Å²) in [5.74, 6) is 0.468. The Balaban J connectivity index is 1.37. The highest BCUT2D eigenvalue weighted by Gasteiger charge is 2.27. The molecule has 1 aliphatic rings. The van der Waals surface area contributed by atoms with Crippen molar-refractivity contribution in [2.24, 2.45) is 0 Å². The molecule has 2 aromatic carbocycles. The lowest BCUT2D eigenvalue weighted by molar-refractivity contribution is 0.0868. The molecule has 2 heterocycles. The fourth-order valence-electron chi connectivity index (χ4n) is 4.03. The third-order valence-electron chi connectivity index (χ3n) is 5.62. The van der Waals surface area contributed by atoms with E-state index in [1.165, 1.54) is 27.7 Å². The first-order valence-electron chi connectivity index (χ1n) is 9.66. The highest BCUT2D eigenvalue weighted by molar-refractivity contribution is 5.85. The fourth-order valence-corrected chi connectivity index (χ4v) is 4.03. The van der Waals surface area contributed by atoms with Crippen molar-refractivity contribution in [3.05, 3.63) is 70.9 Å². The van der Waals surface area contributed by atoms with Crippen LogP contribution in [-0.4, -0.2) is 29.1 Å². The van der Waals surface area contributed by atoms with E-state index in [1.807, 2.05) is 35.2 Å². The van der Waals surface area contributed by atoms with Gasteiger partial charge in [-0.3, -0.25) is 0 Å². The van der Waals surface area contributed by atoms with Gasteiger partial charge in [0.05, 0.1) is 0 Å². The normalized spacial score (nSPS) is 15.3. The number of nitrogens with one attached hydrogen (secondary N) is 1. The van der Waals surface area contributed by atoms with Crippen LogP contribution in [0.25, 0.3) is 10.9 Å². The molecule has 1 fully saturated rings. The Morgan fingerprint density at radius 2 is 1.85 bits per heavy atom. The largest absolute Gasteiger partial charge is 0.445 e. The standard InChI is InChI=1S/C23H26N2O2/c1-16-8-9-21-20(14-16)17(2)22(24-21)19-10-12-25(13-11-19)23(26)27-15-18-6-4-3-5-7-18/h3-9,14,19,24H,10-13,15H2,1-2H3. The lowest BCUT2D eigenvalue weighted by Gasteiger charge is -2.31. The van der Waals surface area contributed by atoms with E-state index in [0.29, 0.717) is 12.5 Å². The third kappa shape index (κ3) is 3.70. The minimum absolute atomic E-state index is 0.207. The Hall–Kier alpha value is -2.75. The van der Waals surface area contributed by atoms with Crippen molar-refractivity contribution in [3.63, 3.8) is 0 Å². The van der Waals surface area contributed by atoms with Crippen molar-refractivity contribution in [2.75, 3.05) is 13.1 Å². The van der Waals surface area contributed by atoms with Gasteiger partial charge in [0.25, 0.3) is 0 Å². The zero-order chi connectivity index (χ0) is 18.8. The number of piperidine rings is 1. The molecule has 27 heavy (non-hydrogen) atoms. The molecule has 1 amide bonds. The molecule has 0 atom stereocenters. The average molecular weight is 362 g/mol. The summed E-state index contributed by atoms with van der Waals surface area (Å²) in [5.41, 5.74) is 6.18. The van der Waals surface area contributed by atoms with Crippen LogP contribution in [0, 0.1) is 13.8 Å². The SMILES string of the molecule is Cc1ccc2[nH]c(C3CCN(C(=O)OCc4ccccc4)CC3)c(C)c2c1. The van der Waals surface area contributed by atoms with E-state index >= 15 is 0 Å². The molecule has 0 aliphatic carbocycles. The Bertz CT molecular complexity index is 938. The summed E-state index contributed by atoms with van der Waals surface area (Å²) in [6.45, 7) is 6.15. The summed E-state index contributed by atoms with van der Waals surface area (Å²) < 4.78 is 5.47. The maximum Gasteiger partial charge on any atom is 0.410 e. The number of benzene rings is 2. The Labute approximate surface area is 160 Å². The minimum atomic E-state index is -0.207. The third-order valence-corrected chi connectivity index (χ3v) is 5.62. The number of aryl methyl sites for hydroxylation is 2. The number of amides is 1. The zero-order valence-electron chi connectivity index (χ0n) is 16.0. The number of ether oxygens (including phenoxy) is 1. The Morgan fingerprint density at radius 1 is 1.11 bits per heavy atom. The van der Waals surface area contributed by atoms with E-state index in [0.717, 1.165) is 31.5 Å². The molecule has 0 spiro atoms. The summed E-state index contributed by atoms with van der Waals surface area (Å²) in [6.07, 6.45) is 1.72. The monoisotopic (exact) mass is 362 g/mol. The number of hydrogen-bond acceptors (Lipinski definition) is 2. The lowest BCUT2D eigenvalue weighted by atomic mass is 9.91. The lowest BCUT2D eigenvalue weighted by Crippen LogP contribution is -2.38. The van der Waals surface area contributed by atoms with E-state index in [1.54, 1.807) is 0 Å². The van der Waals surface area contributed by atoms with Gasteiger partial charge in [-0.1, -0.05) is 42.0 Å². The predicted octanol–water partition coefficient (Wildman–Crippen LogP) is 5.30. The Kier molecular flexibility index (Phi) is 4.88. The van der Waals surface area contributed by atoms with Gasteiger partial charge in [-0.15, -0.1) is 0 Å². The van der Waals surface area contributed by atoms with Crippen LogP contribution < -0.4 is 0 Å². The highest BCUT2D eigenvalue weighted by Crippen LogP contribution is 2.34. The van der Waals surface area contributed by atoms with Crippen LogP contribution in [0.3, 0.4) is 0 Å². The number of aromatic amines is 1. The molecule has 4 nitrogen and oxygen atoms in total. The molecule has 4 heteroatoms. The molecule has 1 N–H and O–H groups in total. The van der Waals surface area contributed by atoms with Crippen molar-refractivity contribution in [3.8, 4) is 0 Å². The highest BCUT2D eigenvalue weighted by atomic mass is 16.6. The maximum absolute atomic E-state index is 12.4. The molecule has 0 unspecified atom stereocenters. The van der Waals surface area contributed by atoms with Crippen LogP contribution in [-0.2, 0) is 11.3 Å². The average Bonchev–Trinajstić information content (AvgIpc) is 3.03. The number of rotatable bonds is 3. The minimum Gasteiger partial charge on any atom is -0.445 e. The molecule has 1 aliphatic heterocycles. The number of nitrogens with zero attached hydrogens (tertiary/aromatic N) is 1. The molecule has 1 saturated heterocycles. The fraction of sp³-hybridized carbons (Fsp3) is 0.348. The molecule has 140 valence electrons. The molecule has 0 bridgehead atoms. The first kappa shape index (κ1) is 17.7. The number of carbonyl (C=O) groups is 1. The topological polar surface area (TPSA) is 45.3 Å². The van der Waals surface area contributed by atoms with Crippen molar-refractivity contribution < 1.29 is 9.53 Å². The van der Waals surface area contributed by atoms with Crippen molar-refractivity contribution in [1.82, 2.24) is 9.88 Å². The van der Waals surface area contributed by atoms with Gasteiger partial charge in [-0.2, -0.15) is 0 Å². The second-order valence-electron chi connectivity index (χ2n) is 7.51. The van der Waals surface area contributed by atoms with Crippen molar-refractivity contribution >= 4 is 17.0 Å². The molecule has 4 rings (SSSR count). The smallest absolute Gasteiger partial charge is 0.410 e. The summed E-state index contributed by atoms with van der Waals surface area (Å²) in [5, 5.41) is 1.31. The molecule has 1 aromatic heterocycles. The summed E-state index contributed by atoms with van der Waals surface area (Å²) in [7, 11) is 0. The van der Waals surface area contributed by atoms with Gasteiger partial charge in [-0.25, -0.2) is 4.79 Å². The van der Waals surface area contributed by atoms with E-state index in [4.69, 9.17) is 4.74 Å². The number of H-pyrrole nitrogens is 1. The first-order valence-corrected chi connectivity index (χ1v) is 9.66. The second kappa shape index (κ2) is 7.47. The van der Waals surface area contributed by atoms with Gasteiger partial charge in [0, 0.05) is 35.6 Å². The number of aromatic nitrogens is 1. The first-order chi connectivity index (χ1) is 13.1. The molecular weight excluding hydrogens is 336 g/mol. The van der Waals surface area contributed by atoms with Crippen LogP contribution in [0.4, 0.5) is 4.79 Å². The zero-order valence-corrected chi connectivity index (χ0v) is 16.0. The summed E-state index contributed by atoms with van der Waals surface area (Å²) in [6, 6.07) is 16.4. The number of fused-ring (bicyclic) bond motifs is 1. The van der Waals surface area contributed by atoms with Crippen molar-refractivity contribution in [2.45, 2.75) is 39.2 Å². The van der Waals surface area contributed by atoms with Crippen LogP contribution in [0.2, 0.25) is 0 Å². The molecule has 3 aromatic rings. The van der Waals surface area contributed by atoms with Crippen LogP contribution >= 0.6 is 0 Å². The van der Waals surface area contributed by atoms with Crippen LogP contribution in [0.15, 0.2) is 48.5 Å². The van der Waals surface area contributed by atoms with Crippen LogP contribution in [0.5, 0.6) is 0 Å². The van der Waals surface area contributed by atoms with Crippen molar-refractivity contribution in [1.29, 1.82) is 0 Å². The summed E-state index contributed by atoms with van der Waals surface area (Å²) >= 11 is 0. The molecule has 0 saturated carbocycles. The van der Waals surface area contributed by atoms with E-state index < -0.39 is 0 Å². The second-order valence-corrected chi connectivity index (χ2v) is 7.51. The number of carbonyl (C=O) groups excluding carboxylic acids is 1. The van der Waals surface area contributed by atoms with Gasteiger partial charge >= 0.3 is 6.09 Å². The predicted molar refractivity (Wildman–Crippen MR) is 108 cm³/mol. The van der Waals surface area contributed by atoms with E-state index in [-0.39, 0.29) is 6.09 Å². The van der Waals surface area contributed by atoms with Gasteiger partial charge < -0.3 is 14.6 Å². The molecular formula is C23H26N2O2. The van der Waals surface area contributed by atoms with Gasteiger partial charge in [-0.05, 0) is 49.9 Å². The number of likely N-dealkylation sites (tertiary alicyclic amines) is 1. The molecule has 0 radical (unpaired) electrons. The Morgan fingerprint density at radius 3 is 2.59 bits per heavy atom. The maximum atomic E-state index is 12.4. The summed E-state index contributed by atoms with van der Waals surface area (Å²) in [4.78, 5) is 17.8.